The van der Waals surface area contributed by atoms with Crippen LogP contribution in [0.5, 0.6) is 0 Å². The minimum absolute atomic E-state index is 0.0599. The first-order chi connectivity index (χ1) is 14.9. The van der Waals surface area contributed by atoms with Crippen molar-refractivity contribution in [2.75, 3.05) is 18.5 Å². The minimum atomic E-state index is -0.941. The van der Waals surface area contributed by atoms with E-state index in [0.717, 1.165) is 0 Å². The van der Waals surface area contributed by atoms with E-state index < -0.39 is 22.7 Å². The van der Waals surface area contributed by atoms with E-state index in [9.17, 15) is 13.6 Å². The van der Waals surface area contributed by atoms with Gasteiger partial charge in [-0.2, -0.15) is 5.10 Å². The lowest BCUT2D eigenvalue weighted by Crippen LogP contribution is -2.54. The van der Waals surface area contributed by atoms with Crippen LogP contribution < -0.4 is 10.9 Å². The molecule has 7 nitrogen and oxygen atoms in total. The van der Waals surface area contributed by atoms with Gasteiger partial charge >= 0.3 is 0 Å². The molecule has 10 heteroatoms. The van der Waals surface area contributed by atoms with Crippen LogP contribution >= 0.6 is 11.6 Å². The molecule has 1 aliphatic heterocycles. The first-order valence-electron chi connectivity index (χ1n) is 9.41. The molecule has 1 saturated heterocycles. The van der Waals surface area contributed by atoms with Crippen LogP contribution in [-0.4, -0.2) is 33.0 Å². The van der Waals surface area contributed by atoms with Gasteiger partial charge in [-0.05, 0) is 36.8 Å². The number of hydrogen-bond donors (Lipinski definition) is 2. The van der Waals surface area contributed by atoms with Gasteiger partial charge in [-0.25, -0.2) is 13.8 Å². The van der Waals surface area contributed by atoms with Crippen molar-refractivity contribution in [3.05, 3.63) is 81.0 Å². The van der Waals surface area contributed by atoms with Crippen molar-refractivity contribution in [2.45, 2.75) is 12.5 Å². The molecule has 2 aromatic carbocycles. The Labute approximate surface area is 179 Å². The molecule has 0 bridgehead atoms. The maximum atomic E-state index is 14.8. The zero-order valence-corrected chi connectivity index (χ0v) is 17.0. The molecule has 4 aromatic rings. The summed E-state index contributed by atoms with van der Waals surface area (Å²) in [6, 6.07) is 7.10. The van der Waals surface area contributed by atoms with E-state index in [1.54, 1.807) is 13.0 Å². The topological polar surface area (TPSA) is 84.8 Å². The van der Waals surface area contributed by atoms with Crippen molar-refractivity contribution in [3.63, 3.8) is 0 Å². The molecule has 2 aromatic heterocycles. The van der Waals surface area contributed by atoms with Crippen molar-refractivity contribution in [1.82, 2.24) is 19.7 Å². The predicted octanol–water partition coefficient (Wildman–Crippen LogP) is 3.69. The Kier molecular flexibility index (Phi) is 4.53. The summed E-state index contributed by atoms with van der Waals surface area (Å²) in [5.41, 5.74) is -0.247. The third-order valence-electron chi connectivity index (χ3n) is 5.47. The maximum absolute atomic E-state index is 14.8. The van der Waals surface area contributed by atoms with E-state index in [0.29, 0.717) is 27.7 Å². The molecule has 3 heterocycles. The van der Waals surface area contributed by atoms with Gasteiger partial charge in [-0.1, -0.05) is 11.6 Å². The Hall–Kier alpha value is -3.30. The second-order valence-corrected chi connectivity index (χ2v) is 7.85. The van der Waals surface area contributed by atoms with E-state index in [1.807, 2.05) is 0 Å². The summed E-state index contributed by atoms with van der Waals surface area (Å²) in [4.78, 5) is 17.1. The molecule has 0 atom stereocenters. The molecule has 0 radical (unpaired) electrons. The van der Waals surface area contributed by atoms with Crippen LogP contribution in [0.4, 0.5) is 14.5 Å². The van der Waals surface area contributed by atoms with Gasteiger partial charge in [-0.15, -0.1) is 0 Å². The normalized spacial score (nSPS) is 15.1. The number of aromatic amines is 1. The average molecular weight is 444 g/mol. The molecular formula is C21H16ClF2N5O2. The number of aromatic nitrogens is 4. The summed E-state index contributed by atoms with van der Waals surface area (Å²) >= 11 is 6.21. The highest BCUT2D eigenvalue weighted by Gasteiger charge is 2.44. The van der Waals surface area contributed by atoms with Gasteiger partial charge in [0.1, 0.15) is 29.0 Å². The quantitative estimate of drug-likeness (QED) is 0.502. The molecule has 0 amide bonds. The third-order valence-corrected chi connectivity index (χ3v) is 5.88. The molecule has 0 spiro atoms. The SMILES string of the molecule is Cc1c(Cl)ccc(F)c1C1(Nc2cc(F)c3ncn(-c4ccn[nH]4)c(=O)c3c2)COC1. The van der Waals surface area contributed by atoms with E-state index in [-0.39, 0.29) is 24.1 Å². The van der Waals surface area contributed by atoms with Crippen LogP contribution in [0.25, 0.3) is 16.7 Å². The second-order valence-electron chi connectivity index (χ2n) is 7.44. The van der Waals surface area contributed by atoms with E-state index in [2.05, 4.69) is 20.5 Å². The van der Waals surface area contributed by atoms with Crippen LogP contribution in [0.3, 0.4) is 0 Å². The zero-order chi connectivity index (χ0) is 21.8. The standard InChI is InChI=1S/C21H16ClF2N5O2/c1-11-14(22)2-3-15(23)18(11)21(8-31-9-21)27-12-6-13-19(16(24)7-12)25-10-29(20(13)30)17-4-5-26-28-17/h2-7,10,27H,8-9H2,1H3,(H,26,28). The van der Waals surface area contributed by atoms with Crippen LogP contribution in [0.15, 0.2) is 47.7 Å². The molecule has 31 heavy (non-hydrogen) atoms. The fourth-order valence-electron chi connectivity index (χ4n) is 3.92. The summed E-state index contributed by atoms with van der Waals surface area (Å²) in [5.74, 6) is -0.714. The molecule has 5 rings (SSSR count). The number of fused-ring (bicyclic) bond motifs is 1. The van der Waals surface area contributed by atoms with Gasteiger partial charge in [0.2, 0.25) is 0 Å². The van der Waals surface area contributed by atoms with Gasteiger partial charge < -0.3 is 10.1 Å². The predicted molar refractivity (Wildman–Crippen MR) is 112 cm³/mol. The number of hydrogen-bond acceptors (Lipinski definition) is 5. The van der Waals surface area contributed by atoms with Crippen molar-refractivity contribution in [2.24, 2.45) is 0 Å². The Morgan fingerprint density at radius 1 is 1.23 bits per heavy atom. The van der Waals surface area contributed by atoms with Gasteiger partial charge in [-0.3, -0.25) is 14.5 Å². The Bertz CT molecular complexity index is 1370. The molecule has 0 saturated carbocycles. The smallest absolute Gasteiger partial charge is 0.267 e. The molecule has 0 unspecified atom stereocenters. The fourth-order valence-corrected chi connectivity index (χ4v) is 4.08. The Morgan fingerprint density at radius 2 is 2.03 bits per heavy atom. The minimum Gasteiger partial charge on any atom is -0.376 e. The maximum Gasteiger partial charge on any atom is 0.267 e. The summed E-state index contributed by atoms with van der Waals surface area (Å²) in [5, 5.41) is 10.2. The summed E-state index contributed by atoms with van der Waals surface area (Å²) in [6.45, 7) is 2.04. The lowest BCUT2D eigenvalue weighted by molar-refractivity contribution is -0.0465. The molecule has 1 fully saturated rings. The molecule has 158 valence electrons. The number of benzene rings is 2. The molecule has 0 aliphatic carbocycles. The van der Waals surface area contributed by atoms with Crippen LogP contribution in [0.1, 0.15) is 11.1 Å². The summed E-state index contributed by atoms with van der Waals surface area (Å²) in [7, 11) is 0. The molecule has 1 aliphatic rings. The van der Waals surface area contributed by atoms with Gasteiger partial charge in [0.15, 0.2) is 5.82 Å². The van der Waals surface area contributed by atoms with Crippen molar-refractivity contribution < 1.29 is 13.5 Å². The average Bonchev–Trinajstić information content (AvgIpc) is 3.24. The number of nitrogens with zero attached hydrogens (tertiary/aromatic N) is 3. The van der Waals surface area contributed by atoms with Crippen LogP contribution in [0, 0.1) is 18.6 Å². The van der Waals surface area contributed by atoms with E-state index >= 15 is 0 Å². The second kappa shape index (κ2) is 7.14. The highest BCUT2D eigenvalue weighted by molar-refractivity contribution is 6.31. The molecule has 2 N–H and O–H groups in total. The lowest BCUT2D eigenvalue weighted by atomic mass is 9.84. The first-order valence-corrected chi connectivity index (χ1v) is 9.79. The van der Waals surface area contributed by atoms with Crippen LogP contribution in [-0.2, 0) is 10.3 Å². The number of rotatable bonds is 4. The zero-order valence-electron chi connectivity index (χ0n) is 16.2. The highest BCUT2D eigenvalue weighted by atomic mass is 35.5. The fraction of sp³-hybridized carbons (Fsp3) is 0.190. The van der Waals surface area contributed by atoms with Gasteiger partial charge in [0, 0.05) is 22.3 Å². The largest absolute Gasteiger partial charge is 0.376 e. The van der Waals surface area contributed by atoms with Crippen LogP contribution in [0.2, 0.25) is 5.02 Å². The Balaban J connectivity index is 1.63. The number of nitrogens with one attached hydrogen (secondary N) is 2. The van der Waals surface area contributed by atoms with E-state index in [4.69, 9.17) is 16.3 Å². The number of ether oxygens (including phenoxy) is 1. The number of H-pyrrole nitrogens is 1. The van der Waals surface area contributed by atoms with Crippen molar-refractivity contribution >= 4 is 28.2 Å². The lowest BCUT2D eigenvalue weighted by Gasteiger charge is -2.44. The first kappa shape index (κ1) is 19.7. The highest BCUT2D eigenvalue weighted by Crippen LogP contribution is 2.39. The monoisotopic (exact) mass is 443 g/mol. The van der Waals surface area contributed by atoms with E-state index in [1.165, 1.54) is 41.4 Å². The van der Waals surface area contributed by atoms with Crippen molar-refractivity contribution in [1.29, 1.82) is 0 Å². The summed E-state index contributed by atoms with van der Waals surface area (Å²) < 4.78 is 36.2. The van der Waals surface area contributed by atoms with Gasteiger partial charge in [0.25, 0.3) is 5.56 Å². The number of anilines is 1. The molecular weight excluding hydrogens is 428 g/mol. The third kappa shape index (κ3) is 3.08. The van der Waals surface area contributed by atoms with Crippen molar-refractivity contribution in [3.8, 4) is 5.82 Å². The Morgan fingerprint density at radius 3 is 2.71 bits per heavy atom. The van der Waals surface area contributed by atoms with Gasteiger partial charge in [0.05, 0.1) is 24.8 Å². The summed E-state index contributed by atoms with van der Waals surface area (Å²) in [6.07, 6.45) is 2.73. The number of halogens is 3.